The van der Waals surface area contributed by atoms with Crippen LogP contribution < -0.4 is 20.9 Å². The molecule has 7 rings (SSSR count). The van der Waals surface area contributed by atoms with Crippen LogP contribution in [0.25, 0.3) is 21.9 Å². The molecule has 0 N–H and O–H groups in total. The average molecular weight is 506 g/mol. The molecule has 2 aliphatic rings. The number of carbonyl (C=O) groups is 1. The Bertz CT molecular complexity index is 1800. The maximum atomic E-state index is 14.7. The van der Waals surface area contributed by atoms with Crippen LogP contribution in [0.15, 0.2) is 91.2 Å². The number of nitrogens with zero attached hydrogens (tertiary/aromatic N) is 1. The second-order valence-electron chi connectivity index (χ2n) is 9.71. The van der Waals surface area contributed by atoms with E-state index in [1.54, 1.807) is 47.4 Å². The van der Waals surface area contributed by atoms with E-state index in [0.717, 1.165) is 19.3 Å². The van der Waals surface area contributed by atoms with Crippen LogP contribution in [0, 0.1) is 0 Å². The normalized spacial score (nSPS) is 15.0. The lowest BCUT2D eigenvalue weighted by molar-refractivity contribution is -0.121. The molecule has 0 saturated heterocycles. The van der Waals surface area contributed by atoms with Crippen LogP contribution in [0.5, 0.6) is 11.5 Å². The Morgan fingerprint density at radius 3 is 1.87 bits per heavy atom. The van der Waals surface area contributed by atoms with E-state index in [1.807, 2.05) is 30.3 Å². The number of anilines is 1. The van der Waals surface area contributed by atoms with Gasteiger partial charge in [-0.05, 0) is 36.8 Å². The van der Waals surface area contributed by atoms with Gasteiger partial charge >= 0.3 is 11.3 Å². The number of rotatable bonds is 4. The van der Waals surface area contributed by atoms with Gasteiger partial charge < -0.3 is 18.5 Å². The van der Waals surface area contributed by atoms with Crippen molar-refractivity contribution in [2.24, 2.45) is 0 Å². The zero-order valence-electron chi connectivity index (χ0n) is 20.7. The fourth-order valence-electron chi connectivity index (χ4n) is 6.01. The number of hydrogen-bond acceptors (Lipinski definition) is 6. The SMILES string of the molecule is CCCCCN1C(=O)C2(c3ccccc31)c1c(c3ccccc3oc1=O)Oc1c2c(=O)oc2ccccc12. The van der Waals surface area contributed by atoms with Crippen LogP contribution in [0.3, 0.4) is 0 Å². The van der Waals surface area contributed by atoms with Crippen molar-refractivity contribution in [1.29, 1.82) is 0 Å². The van der Waals surface area contributed by atoms with E-state index in [4.69, 9.17) is 13.6 Å². The minimum Gasteiger partial charge on any atom is -0.455 e. The molecule has 38 heavy (non-hydrogen) atoms. The molecule has 2 aromatic heterocycles. The smallest absolute Gasteiger partial charge is 0.345 e. The van der Waals surface area contributed by atoms with E-state index >= 15 is 0 Å². The number of fused-ring (bicyclic) bond motifs is 10. The number of para-hydroxylation sites is 3. The lowest BCUT2D eigenvalue weighted by Crippen LogP contribution is -2.49. The Kier molecular flexibility index (Phi) is 4.85. The third kappa shape index (κ3) is 2.81. The molecule has 0 radical (unpaired) electrons. The fraction of sp³-hybridized carbons (Fsp3) is 0.194. The Hall–Kier alpha value is -4.65. The van der Waals surface area contributed by atoms with Crippen LogP contribution in [-0.2, 0) is 10.2 Å². The highest BCUT2D eigenvalue weighted by molar-refractivity contribution is 6.15. The zero-order valence-corrected chi connectivity index (χ0v) is 20.7. The van der Waals surface area contributed by atoms with Gasteiger partial charge in [0.15, 0.2) is 11.5 Å². The van der Waals surface area contributed by atoms with E-state index in [1.165, 1.54) is 0 Å². The summed E-state index contributed by atoms with van der Waals surface area (Å²) in [6.07, 6.45) is 2.70. The van der Waals surface area contributed by atoms with Gasteiger partial charge in [0.1, 0.15) is 27.7 Å². The average Bonchev–Trinajstić information content (AvgIpc) is 3.16. The van der Waals surface area contributed by atoms with Gasteiger partial charge in [-0.2, -0.15) is 0 Å². The maximum absolute atomic E-state index is 14.7. The highest BCUT2D eigenvalue weighted by atomic mass is 16.5. The first-order valence-electron chi connectivity index (χ1n) is 12.8. The summed E-state index contributed by atoms with van der Waals surface area (Å²) in [5.74, 6) is 0.0584. The van der Waals surface area contributed by atoms with E-state index < -0.39 is 16.7 Å². The van der Waals surface area contributed by atoms with E-state index in [-0.39, 0.29) is 28.5 Å². The summed E-state index contributed by atoms with van der Waals surface area (Å²) >= 11 is 0. The molecule has 0 aliphatic carbocycles. The number of hydrogen-bond donors (Lipinski definition) is 0. The number of ether oxygens (including phenoxy) is 1. The van der Waals surface area contributed by atoms with Crippen molar-refractivity contribution in [1.82, 2.24) is 0 Å². The van der Waals surface area contributed by atoms with Gasteiger partial charge in [0.05, 0.1) is 10.8 Å². The molecule has 188 valence electrons. The number of carbonyl (C=O) groups excluding carboxylic acids is 1. The van der Waals surface area contributed by atoms with Crippen molar-refractivity contribution in [3.63, 3.8) is 0 Å². The molecule has 7 heteroatoms. The maximum Gasteiger partial charge on any atom is 0.345 e. The van der Waals surface area contributed by atoms with Gasteiger partial charge in [-0.25, -0.2) is 9.59 Å². The first-order valence-corrected chi connectivity index (χ1v) is 12.8. The molecule has 0 bridgehead atoms. The third-order valence-corrected chi connectivity index (χ3v) is 7.64. The molecular weight excluding hydrogens is 482 g/mol. The van der Waals surface area contributed by atoms with Gasteiger partial charge in [0.2, 0.25) is 5.91 Å². The van der Waals surface area contributed by atoms with Crippen molar-refractivity contribution < 1.29 is 18.4 Å². The summed E-state index contributed by atoms with van der Waals surface area (Å²) in [5, 5.41) is 1.08. The Morgan fingerprint density at radius 1 is 0.711 bits per heavy atom. The second-order valence-corrected chi connectivity index (χ2v) is 9.71. The molecule has 1 spiro atoms. The first kappa shape index (κ1) is 22.5. The molecule has 1 amide bonds. The molecule has 0 unspecified atom stereocenters. The largest absolute Gasteiger partial charge is 0.455 e. The number of benzene rings is 3. The van der Waals surface area contributed by atoms with Crippen molar-refractivity contribution >= 4 is 33.5 Å². The monoisotopic (exact) mass is 505 g/mol. The van der Waals surface area contributed by atoms with E-state index in [0.29, 0.717) is 39.7 Å². The van der Waals surface area contributed by atoms with Crippen LogP contribution in [0.1, 0.15) is 42.9 Å². The predicted octanol–water partition coefficient (Wildman–Crippen LogP) is 5.88. The lowest BCUT2D eigenvalue weighted by atomic mass is 9.69. The van der Waals surface area contributed by atoms with Crippen molar-refractivity contribution in [3.05, 3.63) is 110 Å². The second kappa shape index (κ2) is 8.18. The van der Waals surface area contributed by atoms with Crippen molar-refractivity contribution in [2.75, 3.05) is 11.4 Å². The quantitative estimate of drug-likeness (QED) is 0.224. The van der Waals surface area contributed by atoms with Crippen LogP contribution in [0.4, 0.5) is 5.69 Å². The third-order valence-electron chi connectivity index (χ3n) is 7.64. The minimum absolute atomic E-state index is 0.00160. The van der Waals surface area contributed by atoms with Crippen LogP contribution in [0.2, 0.25) is 0 Å². The molecule has 0 fully saturated rings. The molecule has 5 aromatic rings. The molecule has 2 aliphatic heterocycles. The minimum atomic E-state index is -1.78. The summed E-state index contributed by atoms with van der Waals surface area (Å²) in [7, 11) is 0. The van der Waals surface area contributed by atoms with Crippen molar-refractivity contribution in [3.8, 4) is 11.5 Å². The van der Waals surface area contributed by atoms with Gasteiger partial charge in [0.25, 0.3) is 0 Å². The molecular formula is C31H23NO6. The lowest BCUT2D eigenvalue weighted by Gasteiger charge is -2.34. The van der Waals surface area contributed by atoms with E-state index in [2.05, 4.69) is 6.92 Å². The summed E-state index contributed by atoms with van der Waals surface area (Å²) in [6, 6.07) is 21.4. The summed E-state index contributed by atoms with van der Waals surface area (Å²) in [6.45, 7) is 2.55. The first-order chi connectivity index (χ1) is 18.6. The zero-order chi connectivity index (χ0) is 26.0. The van der Waals surface area contributed by atoms with Gasteiger partial charge in [-0.3, -0.25) is 4.79 Å². The van der Waals surface area contributed by atoms with Crippen molar-refractivity contribution in [2.45, 2.75) is 31.6 Å². The topological polar surface area (TPSA) is 90.0 Å². The number of amides is 1. The predicted molar refractivity (Wildman–Crippen MR) is 143 cm³/mol. The Labute approximate surface area is 216 Å². The fourth-order valence-corrected chi connectivity index (χ4v) is 6.01. The summed E-state index contributed by atoms with van der Waals surface area (Å²) < 4.78 is 18.0. The molecule has 0 saturated carbocycles. The van der Waals surface area contributed by atoms with Crippen LogP contribution >= 0.6 is 0 Å². The molecule has 7 nitrogen and oxygen atoms in total. The van der Waals surface area contributed by atoms with Gasteiger partial charge in [-0.15, -0.1) is 0 Å². The summed E-state index contributed by atoms with van der Waals surface area (Å²) in [4.78, 5) is 44.0. The molecule has 0 atom stereocenters. The Balaban J connectivity index is 1.67. The number of unbranched alkanes of at least 4 members (excludes halogenated alkanes) is 2. The highest BCUT2D eigenvalue weighted by Crippen LogP contribution is 2.58. The van der Waals surface area contributed by atoms with Gasteiger partial charge in [0, 0.05) is 17.8 Å². The van der Waals surface area contributed by atoms with Gasteiger partial charge in [-0.1, -0.05) is 62.2 Å². The highest BCUT2D eigenvalue weighted by Gasteiger charge is 2.61. The Morgan fingerprint density at radius 2 is 1.26 bits per heavy atom. The molecule has 4 heterocycles. The standard InChI is InChI=1S/C31H23NO6/c1-2-3-10-17-32-21-14-7-6-13-20(21)31(30(32)35)24-26(18-11-4-8-15-22(18)36-28(24)33)38-27-19-12-5-9-16-23(19)37-29(34)25(27)31/h4-9,11-16H,2-3,10,17H2,1H3. The molecule has 3 aromatic carbocycles. The van der Waals surface area contributed by atoms with E-state index in [9.17, 15) is 14.4 Å². The summed E-state index contributed by atoms with van der Waals surface area (Å²) in [5.41, 5.74) is -1.36. The van der Waals surface area contributed by atoms with Crippen LogP contribution in [-0.4, -0.2) is 12.5 Å².